The lowest BCUT2D eigenvalue weighted by Crippen LogP contribution is -2.12. The molecule has 2 heteroatoms. The molecule has 0 N–H and O–H groups in total. The Balaban J connectivity index is 2.28. The zero-order valence-electron chi connectivity index (χ0n) is 10.9. The highest BCUT2D eigenvalue weighted by Gasteiger charge is 2.05. The van der Waals surface area contributed by atoms with Crippen molar-refractivity contribution in [3.8, 4) is 0 Å². The number of nitrogens with zero attached hydrogens (tertiary/aromatic N) is 2. The van der Waals surface area contributed by atoms with Crippen LogP contribution in [0.5, 0.6) is 0 Å². The van der Waals surface area contributed by atoms with Gasteiger partial charge in [-0.15, -0.1) is 0 Å². The van der Waals surface area contributed by atoms with Gasteiger partial charge in [0, 0.05) is 20.5 Å². The van der Waals surface area contributed by atoms with E-state index in [4.69, 9.17) is 0 Å². The standard InChI is InChI=1S/C16H18N2/c1-18(2)17-16(15-11-7-4-8-12-15)13-14-9-5-3-6-10-14/h3-12H,13H2,1-2H3. The molecule has 0 aliphatic carbocycles. The monoisotopic (exact) mass is 238 g/mol. The summed E-state index contributed by atoms with van der Waals surface area (Å²) >= 11 is 0. The van der Waals surface area contributed by atoms with Crippen molar-refractivity contribution in [1.29, 1.82) is 0 Å². The zero-order valence-corrected chi connectivity index (χ0v) is 10.9. The maximum absolute atomic E-state index is 4.59. The summed E-state index contributed by atoms with van der Waals surface area (Å²) in [6.45, 7) is 0. The summed E-state index contributed by atoms with van der Waals surface area (Å²) in [7, 11) is 3.90. The molecule has 2 nitrogen and oxygen atoms in total. The molecule has 2 aromatic rings. The molecule has 0 bridgehead atoms. The lowest BCUT2D eigenvalue weighted by Gasteiger charge is -2.11. The van der Waals surface area contributed by atoms with E-state index < -0.39 is 0 Å². The molecule has 0 amide bonds. The molecule has 2 aromatic carbocycles. The second-order valence-corrected chi connectivity index (χ2v) is 4.42. The van der Waals surface area contributed by atoms with Gasteiger partial charge in [0.15, 0.2) is 0 Å². The van der Waals surface area contributed by atoms with Crippen LogP contribution in [-0.4, -0.2) is 24.8 Å². The van der Waals surface area contributed by atoms with Gasteiger partial charge in [-0.25, -0.2) is 0 Å². The largest absolute Gasteiger partial charge is 0.303 e. The molecule has 92 valence electrons. The van der Waals surface area contributed by atoms with E-state index >= 15 is 0 Å². The van der Waals surface area contributed by atoms with E-state index in [2.05, 4.69) is 41.5 Å². The summed E-state index contributed by atoms with van der Waals surface area (Å²) in [5, 5.41) is 6.44. The van der Waals surface area contributed by atoms with Gasteiger partial charge >= 0.3 is 0 Å². The lowest BCUT2D eigenvalue weighted by molar-refractivity contribution is 0.437. The van der Waals surface area contributed by atoms with E-state index in [0.717, 1.165) is 12.1 Å². The fraction of sp³-hybridized carbons (Fsp3) is 0.188. The number of hydrogen-bond donors (Lipinski definition) is 0. The van der Waals surface area contributed by atoms with Crippen molar-refractivity contribution in [3.05, 3.63) is 71.8 Å². The molecule has 0 saturated heterocycles. The summed E-state index contributed by atoms with van der Waals surface area (Å²) in [5.74, 6) is 0. The first-order valence-corrected chi connectivity index (χ1v) is 6.10. The first kappa shape index (κ1) is 12.4. The van der Waals surface area contributed by atoms with E-state index in [1.807, 2.05) is 43.4 Å². The molecule has 0 atom stereocenters. The van der Waals surface area contributed by atoms with Gasteiger partial charge in [-0.3, -0.25) is 0 Å². The van der Waals surface area contributed by atoms with Crippen LogP contribution in [0.4, 0.5) is 0 Å². The fourth-order valence-electron chi connectivity index (χ4n) is 1.86. The van der Waals surface area contributed by atoms with Crippen LogP contribution in [0.1, 0.15) is 11.1 Å². The Hall–Kier alpha value is -2.09. The lowest BCUT2D eigenvalue weighted by atomic mass is 10.0. The predicted octanol–water partition coefficient (Wildman–Crippen LogP) is 3.20. The minimum atomic E-state index is 0.850. The molecule has 0 fully saturated rings. The molecule has 18 heavy (non-hydrogen) atoms. The van der Waals surface area contributed by atoms with Gasteiger partial charge in [-0.05, 0) is 11.1 Å². The van der Waals surface area contributed by atoms with Gasteiger partial charge in [0.25, 0.3) is 0 Å². The minimum Gasteiger partial charge on any atom is -0.303 e. The minimum absolute atomic E-state index is 0.850. The molecule has 2 rings (SSSR count). The van der Waals surface area contributed by atoms with Crippen molar-refractivity contribution >= 4 is 5.71 Å². The second kappa shape index (κ2) is 6.01. The maximum atomic E-state index is 4.59. The van der Waals surface area contributed by atoms with E-state index in [1.54, 1.807) is 0 Å². The highest BCUT2D eigenvalue weighted by atomic mass is 15.4. The Bertz CT molecular complexity index is 501. The van der Waals surface area contributed by atoms with Crippen LogP contribution in [0.25, 0.3) is 0 Å². The average molecular weight is 238 g/mol. The van der Waals surface area contributed by atoms with Gasteiger partial charge in [0.2, 0.25) is 0 Å². The smallest absolute Gasteiger partial charge is 0.0721 e. The van der Waals surface area contributed by atoms with Gasteiger partial charge < -0.3 is 5.01 Å². The molecule has 0 aliphatic rings. The average Bonchev–Trinajstić information content (AvgIpc) is 2.40. The molecular formula is C16H18N2. The molecule has 0 spiro atoms. The van der Waals surface area contributed by atoms with Crippen LogP contribution in [0, 0.1) is 0 Å². The highest BCUT2D eigenvalue weighted by Crippen LogP contribution is 2.09. The second-order valence-electron chi connectivity index (χ2n) is 4.42. The molecule has 0 heterocycles. The number of benzene rings is 2. The Morgan fingerprint density at radius 2 is 1.44 bits per heavy atom. The summed E-state index contributed by atoms with van der Waals surface area (Å²) in [6.07, 6.45) is 0.850. The van der Waals surface area contributed by atoms with Gasteiger partial charge in [-0.2, -0.15) is 5.10 Å². The molecule has 0 unspecified atom stereocenters. The first-order chi connectivity index (χ1) is 8.75. The fourth-order valence-corrected chi connectivity index (χ4v) is 1.86. The van der Waals surface area contributed by atoms with Crippen molar-refractivity contribution in [2.45, 2.75) is 6.42 Å². The SMILES string of the molecule is CN(C)N=C(Cc1ccccc1)c1ccccc1. The van der Waals surface area contributed by atoms with Crippen LogP contribution >= 0.6 is 0 Å². The Labute approximate surface area is 109 Å². The van der Waals surface area contributed by atoms with E-state index in [-0.39, 0.29) is 0 Å². The van der Waals surface area contributed by atoms with E-state index in [0.29, 0.717) is 0 Å². The molecule has 0 saturated carbocycles. The van der Waals surface area contributed by atoms with Gasteiger partial charge in [-0.1, -0.05) is 60.7 Å². The predicted molar refractivity (Wildman–Crippen MR) is 76.8 cm³/mol. The van der Waals surface area contributed by atoms with E-state index in [1.165, 1.54) is 11.1 Å². The van der Waals surface area contributed by atoms with Crippen LogP contribution in [0.3, 0.4) is 0 Å². The Morgan fingerprint density at radius 1 is 0.889 bits per heavy atom. The molecule has 0 aromatic heterocycles. The summed E-state index contributed by atoms with van der Waals surface area (Å²) in [5.41, 5.74) is 3.55. The molecular weight excluding hydrogens is 220 g/mol. The van der Waals surface area contributed by atoms with Gasteiger partial charge in [0.05, 0.1) is 5.71 Å². The van der Waals surface area contributed by atoms with Crippen molar-refractivity contribution in [2.24, 2.45) is 5.10 Å². The quantitative estimate of drug-likeness (QED) is 0.590. The third-order valence-corrected chi connectivity index (χ3v) is 2.64. The Morgan fingerprint density at radius 3 is 2.00 bits per heavy atom. The van der Waals surface area contributed by atoms with Crippen LogP contribution in [0.2, 0.25) is 0 Å². The third kappa shape index (κ3) is 3.45. The number of hydrogen-bond acceptors (Lipinski definition) is 2. The number of hydrazone groups is 1. The molecule has 0 radical (unpaired) electrons. The van der Waals surface area contributed by atoms with Crippen molar-refractivity contribution < 1.29 is 0 Å². The van der Waals surface area contributed by atoms with Gasteiger partial charge in [0.1, 0.15) is 0 Å². The maximum Gasteiger partial charge on any atom is 0.0721 e. The summed E-state index contributed by atoms with van der Waals surface area (Å²) < 4.78 is 0. The first-order valence-electron chi connectivity index (χ1n) is 6.10. The van der Waals surface area contributed by atoms with Crippen molar-refractivity contribution in [1.82, 2.24) is 5.01 Å². The third-order valence-electron chi connectivity index (χ3n) is 2.64. The zero-order chi connectivity index (χ0) is 12.8. The van der Waals surface area contributed by atoms with Crippen LogP contribution in [0.15, 0.2) is 65.8 Å². The van der Waals surface area contributed by atoms with Crippen LogP contribution < -0.4 is 0 Å². The van der Waals surface area contributed by atoms with Crippen molar-refractivity contribution in [3.63, 3.8) is 0 Å². The molecule has 0 aliphatic heterocycles. The van der Waals surface area contributed by atoms with E-state index in [9.17, 15) is 0 Å². The summed E-state index contributed by atoms with van der Waals surface area (Å²) in [6, 6.07) is 20.8. The topological polar surface area (TPSA) is 15.6 Å². The number of rotatable bonds is 4. The highest BCUT2D eigenvalue weighted by molar-refractivity contribution is 6.01. The van der Waals surface area contributed by atoms with Crippen LogP contribution in [-0.2, 0) is 6.42 Å². The summed E-state index contributed by atoms with van der Waals surface area (Å²) in [4.78, 5) is 0. The normalized spacial score (nSPS) is 11.3. The Kier molecular flexibility index (Phi) is 4.13. The van der Waals surface area contributed by atoms with Crippen molar-refractivity contribution in [2.75, 3.05) is 14.1 Å².